The summed E-state index contributed by atoms with van der Waals surface area (Å²) in [6.07, 6.45) is 4.14. The van der Waals surface area contributed by atoms with Crippen LogP contribution in [0.15, 0.2) is 0 Å². The van der Waals surface area contributed by atoms with Crippen molar-refractivity contribution in [3.05, 3.63) is 0 Å². The van der Waals surface area contributed by atoms with E-state index < -0.39 is 0 Å². The highest BCUT2D eigenvalue weighted by Crippen LogP contribution is 2.43. The Morgan fingerprint density at radius 2 is 2.11 bits per heavy atom. The number of hydrogen-bond donors (Lipinski definition) is 0. The zero-order chi connectivity index (χ0) is 14.0. The monoisotopic (exact) mass is 268 g/mol. The maximum absolute atomic E-state index is 11.6. The van der Waals surface area contributed by atoms with Crippen LogP contribution in [0.2, 0.25) is 0 Å². The Kier molecular flexibility index (Phi) is 4.88. The molecular formula is C16H28O3. The fourth-order valence-electron chi connectivity index (χ4n) is 3.94. The van der Waals surface area contributed by atoms with Crippen LogP contribution in [0.25, 0.3) is 0 Å². The van der Waals surface area contributed by atoms with Gasteiger partial charge in [-0.15, -0.1) is 0 Å². The van der Waals surface area contributed by atoms with Crippen LogP contribution in [0.3, 0.4) is 0 Å². The predicted octanol–water partition coefficient (Wildman–Crippen LogP) is 3.42. The molecule has 3 heteroatoms. The fraction of sp³-hybridized carbons (Fsp3) is 0.938. The van der Waals surface area contributed by atoms with Gasteiger partial charge in [0.15, 0.2) is 0 Å². The fourth-order valence-corrected chi connectivity index (χ4v) is 3.94. The number of rotatable bonds is 4. The van der Waals surface area contributed by atoms with Crippen molar-refractivity contribution in [2.45, 2.75) is 65.6 Å². The van der Waals surface area contributed by atoms with Crippen LogP contribution in [0.4, 0.5) is 0 Å². The first-order chi connectivity index (χ1) is 9.02. The standard InChI is InChI=1S/C16H28O3/c1-5-18-14-9-15(17)19-16(14)13-8-11(4)6-7-12(13)10(2)3/h10-14,16H,5-9H2,1-4H3/t11?,12?,13?,14-,16+/m1/s1. The Morgan fingerprint density at radius 3 is 2.74 bits per heavy atom. The third kappa shape index (κ3) is 3.31. The van der Waals surface area contributed by atoms with Gasteiger partial charge in [-0.3, -0.25) is 4.79 Å². The Balaban J connectivity index is 2.13. The van der Waals surface area contributed by atoms with Gasteiger partial charge in [-0.1, -0.05) is 27.2 Å². The lowest BCUT2D eigenvalue weighted by Crippen LogP contribution is -2.41. The van der Waals surface area contributed by atoms with Crippen molar-refractivity contribution in [3.8, 4) is 0 Å². The Bertz CT molecular complexity index is 313. The van der Waals surface area contributed by atoms with Crippen LogP contribution in [-0.2, 0) is 14.3 Å². The molecule has 0 N–H and O–H groups in total. The number of esters is 1. The highest BCUT2D eigenvalue weighted by Gasteiger charge is 2.45. The molecule has 2 aliphatic rings. The number of carbonyl (C=O) groups excluding carboxylic acids is 1. The summed E-state index contributed by atoms with van der Waals surface area (Å²) in [5.74, 6) is 2.45. The molecule has 19 heavy (non-hydrogen) atoms. The molecule has 3 nitrogen and oxygen atoms in total. The largest absolute Gasteiger partial charge is 0.459 e. The van der Waals surface area contributed by atoms with Crippen molar-refractivity contribution >= 4 is 5.97 Å². The minimum atomic E-state index is -0.0795. The van der Waals surface area contributed by atoms with Crippen molar-refractivity contribution in [1.82, 2.24) is 0 Å². The molecule has 1 aliphatic heterocycles. The summed E-state index contributed by atoms with van der Waals surface area (Å²) in [6, 6.07) is 0. The second-order valence-electron chi connectivity index (χ2n) is 6.64. The molecule has 1 saturated heterocycles. The average Bonchev–Trinajstić information content (AvgIpc) is 2.70. The molecule has 1 heterocycles. The van der Waals surface area contributed by atoms with Gasteiger partial charge in [-0.05, 0) is 37.5 Å². The first-order valence-corrected chi connectivity index (χ1v) is 7.84. The van der Waals surface area contributed by atoms with Gasteiger partial charge in [0.05, 0.1) is 6.42 Å². The minimum Gasteiger partial charge on any atom is -0.459 e. The molecule has 5 atom stereocenters. The van der Waals surface area contributed by atoms with E-state index >= 15 is 0 Å². The van der Waals surface area contributed by atoms with Crippen molar-refractivity contribution in [1.29, 1.82) is 0 Å². The van der Waals surface area contributed by atoms with E-state index in [1.807, 2.05) is 6.92 Å². The molecule has 3 unspecified atom stereocenters. The number of carbonyl (C=O) groups is 1. The number of hydrogen-bond acceptors (Lipinski definition) is 3. The molecule has 110 valence electrons. The minimum absolute atomic E-state index is 0.0115. The Labute approximate surface area is 117 Å². The maximum Gasteiger partial charge on any atom is 0.308 e. The summed E-state index contributed by atoms with van der Waals surface area (Å²) in [7, 11) is 0. The SMILES string of the molecule is CCO[C@@H]1CC(=O)O[C@H]1C1CC(C)CCC1C(C)C. The van der Waals surface area contributed by atoms with Crippen LogP contribution in [-0.4, -0.2) is 24.8 Å². The summed E-state index contributed by atoms with van der Waals surface area (Å²) >= 11 is 0. The van der Waals surface area contributed by atoms with Crippen LogP contribution in [0, 0.1) is 23.7 Å². The zero-order valence-corrected chi connectivity index (χ0v) is 12.7. The lowest BCUT2D eigenvalue weighted by atomic mass is 9.67. The van der Waals surface area contributed by atoms with E-state index in [-0.39, 0.29) is 18.2 Å². The van der Waals surface area contributed by atoms with Gasteiger partial charge in [0.25, 0.3) is 0 Å². The molecule has 0 amide bonds. The topological polar surface area (TPSA) is 35.5 Å². The molecular weight excluding hydrogens is 240 g/mol. The van der Waals surface area contributed by atoms with E-state index in [0.717, 1.165) is 5.92 Å². The quantitative estimate of drug-likeness (QED) is 0.733. The molecule has 0 aromatic heterocycles. The molecule has 1 aliphatic carbocycles. The molecule has 0 spiro atoms. The van der Waals surface area contributed by atoms with Crippen molar-refractivity contribution < 1.29 is 14.3 Å². The van der Waals surface area contributed by atoms with Gasteiger partial charge in [-0.25, -0.2) is 0 Å². The second-order valence-corrected chi connectivity index (χ2v) is 6.64. The zero-order valence-electron chi connectivity index (χ0n) is 12.7. The first-order valence-electron chi connectivity index (χ1n) is 7.84. The molecule has 1 saturated carbocycles. The van der Waals surface area contributed by atoms with Crippen LogP contribution in [0.1, 0.15) is 53.4 Å². The molecule has 0 radical (unpaired) electrons. The number of ether oxygens (including phenoxy) is 2. The average molecular weight is 268 g/mol. The van der Waals surface area contributed by atoms with E-state index in [1.165, 1.54) is 19.3 Å². The van der Waals surface area contributed by atoms with Gasteiger partial charge in [-0.2, -0.15) is 0 Å². The van der Waals surface area contributed by atoms with Crippen LogP contribution < -0.4 is 0 Å². The lowest BCUT2D eigenvalue weighted by Gasteiger charge is -2.41. The number of cyclic esters (lactones) is 1. The van der Waals surface area contributed by atoms with E-state index in [2.05, 4.69) is 20.8 Å². The maximum atomic E-state index is 11.6. The van der Waals surface area contributed by atoms with Crippen LogP contribution >= 0.6 is 0 Å². The summed E-state index contributed by atoms with van der Waals surface area (Å²) in [5, 5.41) is 0. The molecule has 0 bridgehead atoms. The Morgan fingerprint density at radius 1 is 1.37 bits per heavy atom. The van der Waals surface area contributed by atoms with Gasteiger partial charge in [0.1, 0.15) is 12.2 Å². The van der Waals surface area contributed by atoms with E-state index in [0.29, 0.717) is 30.8 Å². The molecule has 0 aromatic rings. The molecule has 2 rings (SSSR count). The molecule has 0 aromatic carbocycles. The third-order valence-electron chi connectivity index (χ3n) is 4.88. The highest BCUT2D eigenvalue weighted by atomic mass is 16.6. The first kappa shape index (κ1) is 14.8. The van der Waals surface area contributed by atoms with Crippen molar-refractivity contribution in [2.75, 3.05) is 6.61 Å². The normalized spacial score (nSPS) is 39.6. The Hall–Kier alpha value is -0.570. The summed E-state index contributed by atoms with van der Waals surface area (Å²) in [6.45, 7) is 9.55. The lowest BCUT2D eigenvalue weighted by molar-refractivity contribution is -0.147. The highest BCUT2D eigenvalue weighted by molar-refractivity contribution is 5.72. The second kappa shape index (κ2) is 6.25. The van der Waals surface area contributed by atoms with Gasteiger partial charge in [0, 0.05) is 12.5 Å². The van der Waals surface area contributed by atoms with Gasteiger partial charge < -0.3 is 9.47 Å². The van der Waals surface area contributed by atoms with E-state index in [4.69, 9.17) is 9.47 Å². The summed E-state index contributed by atoms with van der Waals surface area (Å²) in [5.41, 5.74) is 0. The van der Waals surface area contributed by atoms with E-state index in [9.17, 15) is 4.79 Å². The summed E-state index contributed by atoms with van der Waals surface area (Å²) < 4.78 is 11.4. The van der Waals surface area contributed by atoms with Crippen LogP contribution in [0.5, 0.6) is 0 Å². The van der Waals surface area contributed by atoms with Gasteiger partial charge >= 0.3 is 5.97 Å². The van der Waals surface area contributed by atoms with Crippen molar-refractivity contribution in [2.24, 2.45) is 23.7 Å². The van der Waals surface area contributed by atoms with Gasteiger partial charge in [0.2, 0.25) is 0 Å². The third-order valence-corrected chi connectivity index (χ3v) is 4.88. The van der Waals surface area contributed by atoms with Crippen molar-refractivity contribution in [3.63, 3.8) is 0 Å². The summed E-state index contributed by atoms with van der Waals surface area (Å²) in [4.78, 5) is 11.6. The van der Waals surface area contributed by atoms with E-state index in [1.54, 1.807) is 0 Å². The predicted molar refractivity (Wildman–Crippen MR) is 74.7 cm³/mol. The smallest absolute Gasteiger partial charge is 0.308 e. The molecule has 2 fully saturated rings.